The van der Waals surface area contributed by atoms with Crippen molar-refractivity contribution in [2.45, 2.75) is 49.9 Å². The lowest BCUT2D eigenvalue weighted by Crippen LogP contribution is -2.36. The van der Waals surface area contributed by atoms with Crippen molar-refractivity contribution in [1.29, 1.82) is 0 Å². The van der Waals surface area contributed by atoms with Crippen molar-refractivity contribution in [3.63, 3.8) is 0 Å². The smallest absolute Gasteiger partial charge is 0.378 e. The largest absolute Gasteiger partial charge is 0.416 e. The van der Waals surface area contributed by atoms with E-state index in [9.17, 15) is 36.6 Å². The van der Waals surface area contributed by atoms with Gasteiger partial charge in [0.2, 0.25) is 0 Å². The van der Waals surface area contributed by atoms with Crippen LogP contribution in [0.2, 0.25) is 0 Å². The molecule has 0 bridgehead atoms. The SMILES string of the molecule is O=C([C@H](O)c1cccc(C(F)(F)F)c1)N1CCCc2nc(C3(c4cccc(-c5ccc(F)c(F)c5)c4)CC3)[nH]c(=O)c2C1. The van der Waals surface area contributed by atoms with Gasteiger partial charge in [0.15, 0.2) is 17.7 Å². The summed E-state index contributed by atoms with van der Waals surface area (Å²) in [7, 11) is 0. The van der Waals surface area contributed by atoms with Crippen LogP contribution in [-0.2, 0) is 29.4 Å². The molecule has 1 aliphatic heterocycles. The maximum atomic E-state index is 13.9. The Morgan fingerprint density at radius 1 is 0.977 bits per heavy atom. The molecule has 43 heavy (non-hydrogen) atoms. The van der Waals surface area contributed by atoms with Gasteiger partial charge in [-0.3, -0.25) is 9.59 Å². The second-order valence-corrected chi connectivity index (χ2v) is 11.0. The maximum Gasteiger partial charge on any atom is 0.416 e. The number of rotatable bonds is 5. The van der Waals surface area contributed by atoms with E-state index in [1.165, 1.54) is 17.0 Å². The molecule has 1 aromatic heterocycles. The number of aromatic nitrogens is 2. The lowest BCUT2D eigenvalue weighted by molar-refractivity contribution is -0.142. The first-order valence-electron chi connectivity index (χ1n) is 13.8. The van der Waals surface area contributed by atoms with Crippen LogP contribution in [-0.4, -0.2) is 32.4 Å². The Hall–Kier alpha value is -4.38. The standard InChI is InChI=1S/C32H26F5N3O3/c33-24-10-9-19(16-25(24)34)18-4-1-6-21(14-18)31(11-12-31)30-38-26-8-3-13-40(17-23(26)28(42)39-30)29(43)27(41)20-5-2-7-22(15-20)32(35,36)37/h1-2,4-7,9-10,14-16,27,41H,3,8,11-13,17H2,(H,38,39,42)/t27-/m1/s1. The van der Waals surface area contributed by atoms with Crippen molar-refractivity contribution < 1.29 is 31.9 Å². The summed E-state index contributed by atoms with van der Waals surface area (Å²) in [5.41, 5.74) is 0.685. The molecule has 2 heterocycles. The Morgan fingerprint density at radius 3 is 2.44 bits per heavy atom. The highest BCUT2D eigenvalue weighted by Crippen LogP contribution is 2.52. The fourth-order valence-electron chi connectivity index (χ4n) is 5.70. The maximum absolute atomic E-state index is 13.9. The van der Waals surface area contributed by atoms with Crippen LogP contribution in [0.1, 0.15) is 59.1 Å². The molecule has 0 saturated heterocycles. The van der Waals surface area contributed by atoms with E-state index < -0.39 is 46.4 Å². The Kier molecular flexibility index (Phi) is 7.16. The third-order valence-electron chi connectivity index (χ3n) is 8.24. The monoisotopic (exact) mass is 595 g/mol. The van der Waals surface area contributed by atoms with Gasteiger partial charge < -0.3 is 15.0 Å². The van der Waals surface area contributed by atoms with E-state index in [1.54, 1.807) is 6.07 Å². The number of amides is 1. The van der Waals surface area contributed by atoms with E-state index in [1.807, 2.05) is 18.2 Å². The Morgan fingerprint density at radius 2 is 1.72 bits per heavy atom. The van der Waals surface area contributed by atoms with Crippen molar-refractivity contribution in [2.75, 3.05) is 6.54 Å². The van der Waals surface area contributed by atoms with Gasteiger partial charge in [0.05, 0.1) is 28.8 Å². The van der Waals surface area contributed by atoms with Crippen LogP contribution >= 0.6 is 0 Å². The number of benzene rings is 3. The normalized spacial score (nSPS) is 16.7. The summed E-state index contributed by atoms with van der Waals surface area (Å²) in [6, 6.07) is 15.1. The zero-order valence-electron chi connectivity index (χ0n) is 22.7. The molecule has 0 radical (unpaired) electrons. The Bertz CT molecular complexity index is 1780. The topological polar surface area (TPSA) is 86.3 Å². The molecule has 6 rings (SSSR count). The molecule has 4 aromatic rings. The number of aliphatic hydroxyl groups is 1. The van der Waals surface area contributed by atoms with E-state index in [2.05, 4.69) is 4.98 Å². The second-order valence-electron chi connectivity index (χ2n) is 11.0. The number of aromatic amines is 1. The van der Waals surface area contributed by atoms with Crippen LogP contribution in [0.4, 0.5) is 22.0 Å². The van der Waals surface area contributed by atoms with Crippen LogP contribution in [0.25, 0.3) is 11.1 Å². The van der Waals surface area contributed by atoms with Gasteiger partial charge in [0.25, 0.3) is 11.5 Å². The Balaban J connectivity index is 1.27. The molecule has 2 aliphatic rings. The summed E-state index contributed by atoms with van der Waals surface area (Å²) in [6.45, 7) is 0.0345. The molecule has 6 nitrogen and oxygen atoms in total. The second kappa shape index (κ2) is 10.7. The van der Waals surface area contributed by atoms with E-state index in [0.29, 0.717) is 48.3 Å². The first-order valence-corrected chi connectivity index (χ1v) is 13.8. The molecule has 0 unspecified atom stereocenters. The zero-order valence-corrected chi connectivity index (χ0v) is 22.7. The number of aryl methyl sites for hydroxylation is 1. The molecule has 2 N–H and O–H groups in total. The van der Waals surface area contributed by atoms with Gasteiger partial charge in [0, 0.05) is 6.54 Å². The van der Waals surface area contributed by atoms with Gasteiger partial charge >= 0.3 is 6.18 Å². The number of halogens is 5. The quantitative estimate of drug-likeness (QED) is 0.285. The molecular weight excluding hydrogens is 569 g/mol. The number of H-pyrrole nitrogens is 1. The summed E-state index contributed by atoms with van der Waals surface area (Å²) in [5, 5.41) is 10.7. The molecule has 1 amide bonds. The molecule has 1 atom stereocenters. The number of aliphatic hydroxyl groups excluding tert-OH is 1. The van der Waals surface area contributed by atoms with E-state index >= 15 is 0 Å². The zero-order chi connectivity index (χ0) is 30.5. The number of fused-ring (bicyclic) bond motifs is 1. The number of hydrogen-bond donors (Lipinski definition) is 2. The first-order chi connectivity index (χ1) is 20.5. The van der Waals surface area contributed by atoms with Gasteiger partial charge in [0.1, 0.15) is 5.82 Å². The van der Waals surface area contributed by atoms with Crippen molar-refractivity contribution >= 4 is 5.91 Å². The molecular formula is C32H26F5N3O3. The van der Waals surface area contributed by atoms with Crippen LogP contribution in [0.15, 0.2) is 71.5 Å². The third kappa shape index (κ3) is 5.45. The summed E-state index contributed by atoms with van der Waals surface area (Å²) in [5.74, 6) is -2.21. The fourth-order valence-corrected chi connectivity index (χ4v) is 5.70. The highest BCUT2D eigenvalue weighted by molar-refractivity contribution is 5.82. The Labute approximate surface area is 242 Å². The lowest BCUT2D eigenvalue weighted by Gasteiger charge is -2.24. The molecule has 1 fully saturated rings. The predicted octanol–water partition coefficient (Wildman–Crippen LogP) is 5.82. The van der Waals surface area contributed by atoms with E-state index in [0.717, 1.165) is 35.9 Å². The van der Waals surface area contributed by atoms with E-state index in [-0.39, 0.29) is 24.2 Å². The number of hydrogen-bond acceptors (Lipinski definition) is 4. The van der Waals surface area contributed by atoms with Crippen LogP contribution in [0.3, 0.4) is 0 Å². The third-order valence-corrected chi connectivity index (χ3v) is 8.24. The van der Waals surface area contributed by atoms with Crippen LogP contribution in [0, 0.1) is 11.6 Å². The number of nitrogens with one attached hydrogen (secondary N) is 1. The number of carbonyl (C=O) groups excluding carboxylic acids is 1. The minimum Gasteiger partial charge on any atom is -0.378 e. The van der Waals surface area contributed by atoms with Crippen LogP contribution in [0.5, 0.6) is 0 Å². The molecule has 222 valence electrons. The summed E-state index contributed by atoms with van der Waals surface area (Å²) in [6.07, 6.45) is -4.21. The highest BCUT2D eigenvalue weighted by atomic mass is 19.4. The van der Waals surface area contributed by atoms with Crippen molar-refractivity contribution in [3.05, 3.63) is 122 Å². The number of alkyl halides is 3. The fraction of sp³-hybridized carbons (Fsp3) is 0.281. The number of nitrogens with zero attached hydrogens (tertiary/aromatic N) is 2. The lowest BCUT2D eigenvalue weighted by atomic mass is 9.91. The highest BCUT2D eigenvalue weighted by Gasteiger charge is 2.49. The molecule has 1 aliphatic carbocycles. The predicted molar refractivity (Wildman–Crippen MR) is 147 cm³/mol. The molecule has 0 spiro atoms. The van der Waals surface area contributed by atoms with Crippen molar-refractivity contribution in [1.82, 2.24) is 14.9 Å². The van der Waals surface area contributed by atoms with Gasteiger partial charge in [-0.15, -0.1) is 0 Å². The van der Waals surface area contributed by atoms with Crippen LogP contribution < -0.4 is 5.56 Å². The van der Waals surface area contributed by atoms with Gasteiger partial charge in [-0.25, -0.2) is 13.8 Å². The minimum atomic E-state index is -4.63. The van der Waals surface area contributed by atoms with Gasteiger partial charge in [-0.05, 0) is 72.2 Å². The summed E-state index contributed by atoms with van der Waals surface area (Å²) >= 11 is 0. The van der Waals surface area contributed by atoms with Crippen molar-refractivity contribution in [2.24, 2.45) is 0 Å². The average Bonchev–Trinajstić information content (AvgIpc) is 3.82. The first kappa shape index (κ1) is 28.7. The number of carbonyl (C=O) groups is 1. The molecule has 3 aromatic carbocycles. The molecule has 11 heteroatoms. The minimum absolute atomic E-state index is 0.147. The summed E-state index contributed by atoms with van der Waals surface area (Å²) in [4.78, 5) is 35.5. The average molecular weight is 596 g/mol. The van der Waals surface area contributed by atoms with E-state index in [4.69, 9.17) is 4.98 Å². The van der Waals surface area contributed by atoms with Crippen molar-refractivity contribution in [3.8, 4) is 11.1 Å². The van der Waals surface area contributed by atoms with Gasteiger partial charge in [-0.2, -0.15) is 13.2 Å². The molecule has 1 saturated carbocycles. The summed E-state index contributed by atoms with van der Waals surface area (Å²) < 4.78 is 66.8. The van der Waals surface area contributed by atoms with Gasteiger partial charge in [-0.1, -0.05) is 42.5 Å².